The standard InChI is InChI=1S/C42H27NS/c1-2-10-30-24-32(18-16-28(30)8-1)31-11-7-12-34(25-31)43(36-21-23-42-40(27-36)39-14-5-6-15-41(39)44-42)35-20-22-38-33(26-35)19-17-29-9-3-4-13-37(29)38/h1-27H. The summed E-state index contributed by atoms with van der Waals surface area (Å²) in [5.41, 5.74) is 5.84. The second-order valence-corrected chi connectivity index (χ2v) is 12.5. The third-order valence-corrected chi connectivity index (χ3v) is 9.94. The molecule has 0 radical (unpaired) electrons. The van der Waals surface area contributed by atoms with Crippen LogP contribution in [0.5, 0.6) is 0 Å². The maximum absolute atomic E-state index is 2.41. The smallest absolute Gasteiger partial charge is 0.0468 e. The Morgan fingerprint density at radius 2 is 0.955 bits per heavy atom. The summed E-state index contributed by atoms with van der Waals surface area (Å²) in [5.74, 6) is 0. The van der Waals surface area contributed by atoms with Gasteiger partial charge in [0.25, 0.3) is 0 Å². The highest BCUT2D eigenvalue weighted by Crippen LogP contribution is 2.42. The quantitative estimate of drug-likeness (QED) is 0.188. The van der Waals surface area contributed by atoms with E-state index < -0.39 is 0 Å². The van der Waals surface area contributed by atoms with Crippen LogP contribution in [0.4, 0.5) is 17.1 Å². The van der Waals surface area contributed by atoms with Crippen molar-refractivity contribution in [2.45, 2.75) is 0 Å². The SMILES string of the molecule is c1cc(-c2ccc3ccccc3c2)cc(N(c2ccc3c(ccc4ccccc43)c2)c2ccc3sc4ccccc4c3c2)c1. The molecule has 0 fully saturated rings. The van der Waals surface area contributed by atoms with Crippen LogP contribution in [0, 0.1) is 0 Å². The van der Waals surface area contributed by atoms with Crippen LogP contribution in [0.3, 0.4) is 0 Å². The normalized spacial score (nSPS) is 11.6. The van der Waals surface area contributed by atoms with E-state index in [9.17, 15) is 0 Å². The topological polar surface area (TPSA) is 3.24 Å². The summed E-state index contributed by atoms with van der Waals surface area (Å²) in [6.07, 6.45) is 0. The number of hydrogen-bond donors (Lipinski definition) is 0. The van der Waals surface area contributed by atoms with Gasteiger partial charge < -0.3 is 4.90 Å². The third-order valence-electron chi connectivity index (χ3n) is 8.79. The molecule has 1 nitrogen and oxygen atoms in total. The number of benzene rings is 8. The Kier molecular flexibility index (Phi) is 5.75. The predicted molar refractivity (Wildman–Crippen MR) is 192 cm³/mol. The molecule has 0 saturated heterocycles. The molecule has 44 heavy (non-hydrogen) atoms. The minimum atomic E-state index is 1.13. The Labute approximate surface area is 259 Å². The van der Waals surface area contributed by atoms with Crippen LogP contribution in [-0.2, 0) is 0 Å². The summed E-state index contributed by atoms with van der Waals surface area (Å²) in [7, 11) is 0. The average Bonchev–Trinajstić information content (AvgIpc) is 3.46. The molecule has 206 valence electrons. The monoisotopic (exact) mass is 577 g/mol. The van der Waals surface area contributed by atoms with E-state index in [0.717, 1.165) is 17.1 Å². The molecule has 0 atom stereocenters. The zero-order valence-electron chi connectivity index (χ0n) is 23.9. The Balaban J connectivity index is 1.25. The van der Waals surface area contributed by atoms with E-state index in [-0.39, 0.29) is 0 Å². The van der Waals surface area contributed by atoms with Crippen molar-refractivity contribution >= 4 is 80.9 Å². The van der Waals surface area contributed by atoms with Gasteiger partial charge in [0, 0.05) is 37.2 Å². The highest BCUT2D eigenvalue weighted by molar-refractivity contribution is 7.25. The maximum Gasteiger partial charge on any atom is 0.0468 e. The summed E-state index contributed by atoms with van der Waals surface area (Å²) in [6.45, 7) is 0. The average molecular weight is 578 g/mol. The van der Waals surface area contributed by atoms with Gasteiger partial charge in [0.05, 0.1) is 0 Å². The van der Waals surface area contributed by atoms with Gasteiger partial charge in [0.2, 0.25) is 0 Å². The van der Waals surface area contributed by atoms with Gasteiger partial charge in [-0.15, -0.1) is 11.3 Å². The van der Waals surface area contributed by atoms with Gasteiger partial charge in [-0.05, 0) is 98.0 Å². The second-order valence-electron chi connectivity index (χ2n) is 11.4. The first kappa shape index (κ1) is 25.1. The number of rotatable bonds is 4. The van der Waals surface area contributed by atoms with Crippen LogP contribution in [0.25, 0.3) is 63.6 Å². The van der Waals surface area contributed by atoms with E-state index in [0.29, 0.717) is 0 Å². The van der Waals surface area contributed by atoms with Crippen molar-refractivity contribution in [1.29, 1.82) is 0 Å². The Morgan fingerprint density at radius 3 is 1.89 bits per heavy atom. The lowest BCUT2D eigenvalue weighted by atomic mass is 9.99. The predicted octanol–water partition coefficient (Wildman–Crippen LogP) is 12.7. The first-order valence-electron chi connectivity index (χ1n) is 15.0. The molecule has 0 saturated carbocycles. The number of hydrogen-bond acceptors (Lipinski definition) is 2. The molecule has 0 N–H and O–H groups in total. The highest BCUT2D eigenvalue weighted by Gasteiger charge is 2.17. The van der Waals surface area contributed by atoms with Crippen LogP contribution in [0.1, 0.15) is 0 Å². The van der Waals surface area contributed by atoms with Crippen LogP contribution in [0.2, 0.25) is 0 Å². The second kappa shape index (κ2) is 10.1. The van der Waals surface area contributed by atoms with E-state index in [4.69, 9.17) is 0 Å². The van der Waals surface area contributed by atoms with Crippen molar-refractivity contribution < 1.29 is 0 Å². The molecular weight excluding hydrogens is 551 g/mol. The van der Waals surface area contributed by atoms with E-state index in [1.807, 2.05) is 11.3 Å². The number of anilines is 3. The molecule has 9 rings (SSSR count). The fourth-order valence-corrected chi connectivity index (χ4v) is 7.72. The van der Waals surface area contributed by atoms with Gasteiger partial charge in [-0.1, -0.05) is 109 Å². The van der Waals surface area contributed by atoms with E-state index in [2.05, 4.69) is 169 Å². The molecule has 2 heteroatoms. The van der Waals surface area contributed by atoms with Gasteiger partial charge in [-0.2, -0.15) is 0 Å². The van der Waals surface area contributed by atoms with Gasteiger partial charge in [0.1, 0.15) is 0 Å². The molecule has 8 aromatic carbocycles. The molecule has 0 aliphatic carbocycles. The molecule has 0 amide bonds. The van der Waals surface area contributed by atoms with Crippen LogP contribution >= 0.6 is 11.3 Å². The fraction of sp³-hybridized carbons (Fsp3) is 0. The Morgan fingerprint density at radius 1 is 0.318 bits per heavy atom. The van der Waals surface area contributed by atoms with Gasteiger partial charge in [0.15, 0.2) is 0 Å². The number of fused-ring (bicyclic) bond motifs is 7. The third kappa shape index (κ3) is 4.15. The zero-order chi connectivity index (χ0) is 29.0. The molecule has 1 aromatic heterocycles. The molecule has 9 aromatic rings. The molecule has 0 bridgehead atoms. The molecule has 0 spiro atoms. The Hall–Kier alpha value is -5.44. The summed E-state index contributed by atoms with van der Waals surface area (Å²) >= 11 is 1.86. The summed E-state index contributed by atoms with van der Waals surface area (Å²) in [5, 5.41) is 10.2. The van der Waals surface area contributed by atoms with E-state index >= 15 is 0 Å². The van der Waals surface area contributed by atoms with Gasteiger partial charge in [-0.3, -0.25) is 0 Å². The van der Waals surface area contributed by atoms with Gasteiger partial charge in [-0.25, -0.2) is 0 Å². The van der Waals surface area contributed by atoms with Crippen LogP contribution in [0.15, 0.2) is 164 Å². The van der Waals surface area contributed by atoms with Gasteiger partial charge >= 0.3 is 0 Å². The summed E-state index contributed by atoms with van der Waals surface area (Å²) in [4.78, 5) is 2.41. The molecule has 0 aliphatic rings. The molecule has 1 heterocycles. The number of thiophene rings is 1. The van der Waals surface area contributed by atoms with Crippen molar-refractivity contribution in [2.24, 2.45) is 0 Å². The first-order chi connectivity index (χ1) is 21.8. The summed E-state index contributed by atoms with van der Waals surface area (Å²) in [6, 6.07) is 59.9. The minimum Gasteiger partial charge on any atom is -0.310 e. The van der Waals surface area contributed by atoms with Crippen LogP contribution < -0.4 is 4.90 Å². The van der Waals surface area contributed by atoms with Crippen LogP contribution in [-0.4, -0.2) is 0 Å². The highest BCUT2D eigenvalue weighted by atomic mass is 32.1. The summed E-state index contributed by atoms with van der Waals surface area (Å²) < 4.78 is 2.63. The lowest BCUT2D eigenvalue weighted by Crippen LogP contribution is -2.10. The largest absolute Gasteiger partial charge is 0.310 e. The first-order valence-corrected chi connectivity index (χ1v) is 15.8. The molecular formula is C42H27NS. The minimum absolute atomic E-state index is 1.13. The zero-order valence-corrected chi connectivity index (χ0v) is 24.8. The fourth-order valence-electron chi connectivity index (χ4n) is 6.63. The van der Waals surface area contributed by atoms with E-state index in [1.165, 1.54) is 63.6 Å². The van der Waals surface area contributed by atoms with Crippen molar-refractivity contribution in [2.75, 3.05) is 4.90 Å². The maximum atomic E-state index is 2.41. The van der Waals surface area contributed by atoms with E-state index in [1.54, 1.807) is 0 Å². The van der Waals surface area contributed by atoms with Crippen molar-refractivity contribution in [1.82, 2.24) is 0 Å². The van der Waals surface area contributed by atoms with Crippen molar-refractivity contribution in [3.05, 3.63) is 164 Å². The molecule has 0 unspecified atom stereocenters. The lowest BCUT2D eigenvalue weighted by Gasteiger charge is -2.26. The lowest BCUT2D eigenvalue weighted by molar-refractivity contribution is 1.30. The van der Waals surface area contributed by atoms with Crippen molar-refractivity contribution in [3.8, 4) is 11.1 Å². The molecule has 0 aliphatic heterocycles. The van der Waals surface area contributed by atoms with Crippen molar-refractivity contribution in [3.63, 3.8) is 0 Å². The number of nitrogens with zero attached hydrogens (tertiary/aromatic N) is 1. The Bertz CT molecular complexity index is 2520.